The average molecular weight is 571 g/mol. The van der Waals surface area contributed by atoms with E-state index in [1.54, 1.807) is 18.2 Å². The Morgan fingerprint density at radius 3 is 0.833 bits per heavy atom. The SMILES string of the molecule is C=CCOc1cc2c(cc1OCC)Cc1cc(OCC=C)c(OCC)cc1Cc1cc(OCC=C)c(OCC)cc1C2. The number of benzene rings is 3. The van der Waals surface area contributed by atoms with Gasteiger partial charge in [0.1, 0.15) is 19.8 Å². The van der Waals surface area contributed by atoms with Gasteiger partial charge in [-0.15, -0.1) is 0 Å². The molecule has 222 valence electrons. The fourth-order valence-electron chi connectivity index (χ4n) is 5.12. The second-order valence-electron chi connectivity index (χ2n) is 9.83. The van der Waals surface area contributed by atoms with Gasteiger partial charge in [-0.25, -0.2) is 0 Å². The Morgan fingerprint density at radius 2 is 0.643 bits per heavy atom. The summed E-state index contributed by atoms with van der Waals surface area (Å²) in [4.78, 5) is 0. The van der Waals surface area contributed by atoms with Gasteiger partial charge in [0.25, 0.3) is 0 Å². The molecule has 0 fully saturated rings. The van der Waals surface area contributed by atoms with E-state index in [4.69, 9.17) is 28.4 Å². The lowest BCUT2D eigenvalue weighted by atomic mass is 9.94. The molecule has 0 aromatic heterocycles. The van der Waals surface area contributed by atoms with Crippen LogP contribution in [0.2, 0.25) is 0 Å². The Kier molecular flexibility index (Phi) is 11.0. The van der Waals surface area contributed by atoms with E-state index in [2.05, 4.69) is 56.1 Å². The summed E-state index contributed by atoms with van der Waals surface area (Å²) in [6, 6.07) is 12.6. The molecule has 42 heavy (non-hydrogen) atoms. The summed E-state index contributed by atoms with van der Waals surface area (Å²) in [5.41, 5.74) is 6.91. The molecule has 0 spiro atoms. The van der Waals surface area contributed by atoms with Crippen LogP contribution in [0, 0.1) is 0 Å². The highest BCUT2D eigenvalue weighted by atomic mass is 16.5. The van der Waals surface area contributed by atoms with Gasteiger partial charge >= 0.3 is 0 Å². The zero-order chi connectivity index (χ0) is 29.9. The van der Waals surface area contributed by atoms with Crippen LogP contribution in [0.15, 0.2) is 74.4 Å². The highest BCUT2D eigenvalue weighted by molar-refractivity contribution is 5.58. The number of rotatable bonds is 15. The molecule has 4 rings (SSSR count). The van der Waals surface area contributed by atoms with E-state index in [1.165, 1.54) is 0 Å². The summed E-state index contributed by atoms with van der Waals surface area (Å²) in [6.07, 6.45) is 7.29. The Bertz CT molecular complexity index is 1240. The molecule has 0 radical (unpaired) electrons. The van der Waals surface area contributed by atoms with Gasteiger partial charge in [-0.05, 0) is 110 Å². The maximum atomic E-state index is 6.05. The van der Waals surface area contributed by atoms with Crippen LogP contribution >= 0.6 is 0 Å². The van der Waals surface area contributed by atoms with Crippen molar-refractivity contribution in [2.75, 3.05) is 39.6 Å². The lowest BCUT2D eigenvalue weighted by molar-refractivity contribution is 0.296. The van der Waals surface area contributed by atoms with Crippen LogP contribution in [0.4, 0.5) is 0 Å². The third-order valence-corrected chi connectivity index (χ3v) is 6.91. The molecule has 1 aliphatic carbocycles. The maximum Gasteiger partial charge on any atom is 0.161 e. The van der Waals surface area contributed by atoms with Crippen LogP contribution in [-0.4, -0.2) is 39.6 Å². The molecule has 6 nitrogen and oxygen atoms in total. The van der Waals surface area contributed by atoms with Crippen molar-refractivity contribution in [3.63, 3.8) is 0 Å². The van der Waals surface area contributed by atoms with Crippen molar-refractivity contribution in [2.45, 2.75) is 40.0 Å². The molecule has 0 bridgehead atoms. The van der Waals surface area contributed by atoms with Crippen molar-refractivity contribution in [1.29, 1.82) is 0 Å². The first-order valence-corrected chi connectivity index (χ1v) is 14.6. The first-order valence-electron chi connectivity index (χ1n) is 14.6. The van der Waals surface area contributed by atoms with Crippen LogP contribution in [0.1, 0.15) is 54.2 Å². The first-order chi connectivity index (χ1) is 20.5. The number of hydrogen-bond acceptors (Lipinski definition) is 6. The molecule has 3 aromatic carbocycles. The van der Waals surface area contributed by atoms with Crippen molar-refractivity contribution in [3.8, 4) is 34.5 Å². The van der Waals surface area contributed by atoms with Crippen molar-refractivity contribution in [1.82, 2.24) is 0 Å². The zero-order valence-corrected chi connectivity index (χ0v) is 25.1. The van der Waals surface area contributed by atoms with Crippen LogP contribution in [0.3, 0.4) is 0 Å². The van der Waals surface area contributed by atoms with Crippen LogP contribution < -0.4 is 28.4 Å². The normalized spacial score (nSPS) is 11.8. The molecule has 0 saturated heterocycles. The van der Waals surface area contributed by atoms with Gasteiger partial charge in [0.15, 0.2) is 34.5 Å². The van der Waals surface area contributed by atoms with E-state index >= 15 is 0 Å². The highest BCUT2D eigenvalue weighted by Crippen LogP contribution is 2.41. The molecule has 0 N–H and O–H groups in total. The summed E-state index contributed by atoms with van der Waals surface area (Å²) in [5, 5.41) is 0. The molecule has 0 atom stereocenters. The van der Waals surface area contributed by atoms with Crippen LogP contribution in [-0.2, 0) is 19.3 Å². The second-order valence-corrected chi connectivity index (χ2v) is 9.83. The van der Waals surface area contributed by atoms with E-state index in [-0.39, 0.29) is 0 Å². The standard InChI is InChI=1S/C36H42O6/c1-7-13-40-34-22-28-16-26-20-32(38-11-5)36(42-15-9-3)24-30(26)18-27-21-33(39-12-6)35(41-14-8-2)23-29(27)17-25(28)19-31(34)37-10-4/h7-9,19-24H,1-3,10-18H2,4-6H3. The van der Waals surface area contributed by atoms with Crippen molar-refractivity contribution >= 4 is 0 Å². The fraction of sp³-hybridized carbons (Fsp3) is 0.333. The third kappa shape index (κ3) is 7.30. The van der Waals surface area contributed by atoms with E-state index in [0.29, 0.717) is 76.2 Å². The summed E-state index contributed by atoms with van der Waals surface area (Å²) in [7, 11) is 0. The molecule has 0 amide bonds. The lowest BCUT2D eigenvalue weighted by Crippen LogP contribution is -2.05. The van der Waals surface area contributed by atoms with E-state index in [9.17, 15) is 0 Å². The summed E-state index contributed by atoms with van der Waals surface area (Å²) >= 11 is 0. The van der Waals surface area contributed by atoms with Crippen molar-refractivity contribution in [2.24, 2.45) is 0 Å². The molecular weight excluding hydrogens is 528 g/mol. The minimum atomic E-state index is 0.390. The highest BCUT2D eigenvalue weighted by Gasteiger charge is 2.22. The number of hydrogen-bond donors (Lipinski definition) is 0. The van der Waals surface area contributed by atoms with Gasteiger partial charge in [0.05, 0.1) is 19.8 Å². The number of fused-ring (bicyclic) bond motifs is 3. The molecular formula is C36H42O6. The van der Waals surface area contributed by atoms with Gasteiger partial charge in [-0.2, -0.15) is 0 Å². The zero-order valence-electron chi connectivity index (χ0n) is 25.1. The smallest absolute Gasteiger partial charge is 0.161 e. The summed E-state index contributed by atoms with van der Waals surface area (Å²) in [5.74, 6) is 4.27. The monoisotopic (exact) mass is 570 g/mol. The molecule has 0 aliphatic heterocycles. The molecule has 0 saturated carbocycles. The minimum absolute atomic E-state index is 0.390. The molecule has 1 aliphatic rings. The molecule has 0 heterocycles. The summed E-state index contributed by atoms with van der Waals surface area (Å²) < 4.78 is 36.3. The predicted octanol–water partition coefficient (Wildman–Crippen LogP) is 7.66. The quantitative estimate of drug-likeness (QED) is 0.137. The van der Waals surface area contributed by atoms with Gasteiger partial charge in [0.2, 0.25) is 0 Å². The Balaban J connectivity index is 1.96. The Labute approximate surface area is 250 Å². The van der Waals surface area contributed by atoms with Crippen LogP contribution in [0.5, 0.6) is 34.5 Å². The van der Waals surface area contributed by atoms with Gasteiger partial charge < -0.3 is 28.4 Å². The fourth-order valence-corrected chi connectivity index (χ4v) is 5.12. The first kappa shape index (κ1) is 30.6. The van der Waals surface area contributed by atoms with Crippen LogP contribution in [0.25, 0.3) is 0 Å². The van der Waals surface area contributed by atoms with Crippen molar-refractivity contribution in [3.05, 3.63) is 108 Å². The Morgan fingerprint density at radius 1 is 0.429 bits per heavy atom. The minimum Gasteiger partial charge on any atom is -0.490 e. The lowest BCUT2D eigenvalue weighted by Gasteiger charge is -2.18. The van der Waals surface area contributed by atoms with Gasteiger partial charge in [-0.1, -0.05) is 38.0 Å². The predicted molar refractivity (Wildman–Crippen MR) is 168 cm³/mol. The molecule has 0 unspecified atom stereocenters. The van der Waals surface area contributed by atoms with Gasteiger partial charge in [0, 0.05) is 0 Å². The third-order valence-electron chi connectivity index (χ3n) is 6.91. The van der Waals surface area contributed by atoms with E-state index < -0.39 is 0 Å². The molecule has 6 heteroatoms. The average Bonchev–Trinajstić information content (AvgIpc) is 3.04. The van der Waals surface area contributed by atoms with E-state index in [1.807, 2.05) is 20.8 Å². The maximum absolute atomic E-state index is 6.05. The van der Waals surface area contributed by atoms with Crippen molar-refractivity contribution < 1.29 is 28.4 Å². The number of ether oxygens (including phenoxy) is 6. The van der Waals surface area contributed by atoms with Gasteiger partial charge in [-0.3, -0.25) is 0 Å². The summed E-state index contributed by atoms with van der Waals surface area (Å²) in [6.45, 7) is 20.1. The molecule has 3 aromatic rings. The topological polar surface area (TPSA) is 55.4 Å². The second kappa shape index (κ2) is 15.1. The van der Waals surface area contributed by atoms with E-state index in [0.717, 1.165) is 50.6 Å². The Hall–Kier alpha value is -4.32. The largest absolute Gasteiger partial charge is 0.490 e.